The first-order chi connectivity index (χ1) is 22.1. The maximum atomic E-state index is 13.1. The zero-order chi connectivity index (χ0) is 30.4. The van der Waals surface area contributed by atoms with E-state index in [1.165, 1.54) is 0 Å². The number of hydrogen-bond acceptors (Lipinski definition) is 10. The fraction of sp³-hybridized carbons (Fsp3) is 0.441. The molecule has 5 aliphatic heterocycles. The first-order valence-electron chi connectivity index (χ1n) is 16.2. The van der Waals surface area contributed by atoms with Crippen LogP contribution in [0.15, 0.2) is 59.3 Å². The fourth-order valence-corrected chi connectivity index (χ4v) is 7.57. The number of aromatic nitrogens is 4. The van der Waals surface area contributed by atoms with Crippen molar-refractivity contribution in [3.05, 3.63) is 77.2 Å². The molecule has 4 aromatic rings. The van der Waals surface area contributed by atoms with Crippen molar-refractivity contribution in [3.63, 3.8) is 0 Å². The maximum absolute atomic E-state index is 13.1. The quantitative estimate of drug-likeness (QED) is 0.245. The Morgan fingerprint density at radius 2 is 1.80 bits per heavy atom. The van der Waals surface area contributed by atoms with Crippen LogP contribution in [-0.2, 0) is 5.41 Å². The predicted molar refractivity (Wildman–Crippen MR) is 169 cm³/mol. The summed E-state index contributed by atoms with van der Waals surface area (Å²) in [7, 11) is 0. The molecule has 45 heavy (non-hydrogen) atoms. The van der Waals surface area contributed by atoms with Crippen molar-refractivity contribution in [2.75, 3.05) is 43.4 Å². The van der Waals surface area contributed by atoms with Gasteiger partial charge in [0.1, 0.15) is 11.4 Å². The van der Waals surface area contributed by atoms with Crippen LogP contribution in [0.3, 0.4) is 0 Å². The predicted octanol–water partition coefficient (Wildman–Crippen LogP) is 5.22. The summed E-state index contributed by atoms with van der Waals surface area (Å²) in [6, 6.07) is 15.4. The molecule has 11 nitrogen and oxygen atoms in total. The second kappa shape index (κ2) is 11.5. The number of aliphatic hydroxyl groups excluding tert-OH is 1. The van der Waals surface area contributed by atoms with E-state index in [0.29, 0.717) is 23.2 Å². The van der Waals surface area contributed by atoms with Gasteiger partial charge in [-0.25, -0.2) is 4.98 Å². The third kappa shape index (κ3) is 5.13. The van der Waals surface area contributed by atoms with Gasteiger partial charge >= 0.3 is 0 Å². The molecule has 2 aromatic carbocycles. The molecule has 9 rings (SSSR count). The van der Waals surface area contributed by atoms with Crippen LogP contribution in [0.4, 0.5) is 17.5 Å². The molecule has 11 heteroatoms. The molecule has 0 spiro atoms. The first-order valence-corrected chi connectivity index (χ1v) is 16.2. The fourth-order valence-electron chi connectivity index (χ4n) is 7.57. The van der Waals surface area contributed by atoms with Gasteiger partial charge in [0.15, 0.2) is 5.82 Å². The number of nitrogens with one attached hydrogen (secondary N) is 2. The molecule has 2 aromatic heterocycles. The van der Waals surface area contributed by atoms with E-state index in [0.717, 1.165) is 99.3 Å². The van der Waals surface area contributed by atoms with Crippen molar-refractivity contribution in [2.24, 2.45) is 0 Å². The van der Waals surface area contributed by atoms with Gasteiger partial charge in [-0.05, 0) is 81.1 Å². The van der Waals surface area contributed by atoms with E-state index >= 15 is 0 Å². The lowest BCUT2D eigenvalue weighted by Gasteiger charge is -2.46. The van der Waals surface area contributed by atoms with E-state index in [2.05, 4.69) is 31.7 Å². The standard InChI is InChI=1S/C34H38N8O3/c43-21-27(22-7-3-1-4-8-22)37-29-26(30-39-32(40-45-30)34-12-16-41(17-13-34)18-14-34)20-35-33(38-29)36-23-10-11-24-25(19-23)28-9-5-2-6-15-42(28)31(24)44/h1,3-4,7-8,10-11,19-20,27-28,43H,2,5-6,9,12-18,21H2,(H2,35,36,37,38)/t27-,28?/m1/s1. The Bertz CT molecular complexity index is 1690. The Morgan fingerprint density at radius 1 is 0.978 bits per heavy atom. The van der Waals surface area contributed by atoms with E-state index in [-0.39, 0.29) is 24.0 Å². The van der Waals surface area contributed by atoms with Crippen LogP contribution >= 0.6 is 0 Å². The molecule has 0 saturated carbocycles. The smallest absolute Gasteiger partial charge is 0.263 e. The highest BCUT2D eigenvalue weighted by Crippen LogP contribution is 2.43. The molecule has 7 heterocycles. The number of carbonyl (C=O) groups excluding carboxylic acids is 1. The highest BCUT2D eigenvalue weighted by molar-refractivity contribution is 5.99. The molecule has 1 amide bonds. The third-order valence-corrected chi connectivity index (χ3v) is 10.2. The number of fused-ring (bicyclic) bond motifs is 6. The molecule has 2 bridgehead atoms. The summed E-state index contributed by atoms with van der Waals surface area (Å²) in [6.07, 6.45) is 9.09. The van der Waals surface area contributed by atoms with Crippen molar-refractivity contribution in [2.45, 2.75) is 62.4 Å². The van der Waals surface area contributed by atoms with Crippen LogP contribution < -0.4 is 10.6 Å². The number of aliphatic hydroxyl groups is 1. The molecular weight excluding hydrogens is 568 g/mol. The second-order valence-corrected chi connectivity index (χ2v) is 12.8. The maximum Gasteiger partial charge on any atom is 0.263 e. The van der Waals surface area contributed by atoms with Crippen LogP contribution in [0.25, 0.3) is 11.5 Å². The normalized spacial score (nSPS) is 24.6. The number of nitrogens with zero attached hydrogens (tertiary/aromatic N) is 6. The summed E-state index contributed by atoms with van der Waals surface area (Å²) in [4.78, 5) is 32.1. The van der Waals surface area contributed by atoms with Gasteiger partial charge < -0.3 is 30.1 Å². The van der Waals surface area contributed by atoms with Crippen LogP contribution in [0, 0.1) is 0 Å². The molecule has 5 aliphatic rings. The molecule has 232 valence electrons. The number of anilines is 3. The molecule has 1 unspecified atom stereocenters. The highest BCUT2D eigenvalue weighted by atomic mass is 16.5. The van der Waals surface area contributed by atoms with Crippen molar-refractivity contribution in [3.8, 4) is 11.5 Å². The van der Waals surface area contributed by atoms with Gasteiger partial charge in [-0.15, -0.1) is 0 Å². The van der Waals surface area contributed by atoms with Gasteiger partial charge in [0.25, 0.3) is 11.8 Å². The molecule has 0 aliphatic carbocycles. The minimum atomic E-state index is -0.413. The number of amides is 1. The van der Waals surface area contributed by atoms with E-state index in [4.69, 9.17) is 14.5 Å². The Hall–Kier alpha value is -4.35. The topological polar surface area (TPSA) is 133 Å². The van der Waals surface area contributed by atoms with Crippen LogP contribution in [0.1, 0.15) is 84.3 Å². The number of rotatable bonds is 8. The first kappa shape index (κ1) is 28.1. The molecule has 3 N–H and O–H groups in total. The van der Waals surface area contributed by atoms with Crippen LogP contribution in [0.2, 0.25) is 0 Å². The molecule has 4 fully saturated rings. The van der Waals surface area contributed by atoms with Gasteiger partial charge in [0.05, 0.1) is 18.7 Å². The summed E-state index contributed by atoms with van der Waals surface area (Å²) >= 11 is 0. The average molecular weight is 607 g/mol. The average Bonchev–Trinajstić information content (AvgIpc) is 3.59. The van der Waals surface area contributed by atoms with Gasteiger partial charge in [0, 0.05) is 29.4 Å². The van der Waals surface area contributed by atoms with Crippen molar-refractivity contribution in [1.82, 2.24) is 29.9 Å². The van der Waals surface area contributed by atoms with Gasteiger partial charge in [-0.3, -0.25) is 4.79 Å². The Labute approximate surface area is 262 Å². The van der Waals surface area contributed by atoms with E-state index in [9.17, 15) is 9.90 Å². The van der Waals surface area contributed by atoms with Gasteiger partial charge in [-0.1, -0.05) is 48.3 Å². The van der Waals surface area contributed by atoms with Gasteiger partial charge in [-0.2, -0.15) is 9.97 Å². The molecule has 0 radical (unpaired) electrons. The molecular formula is C34H38N8O3. The summed E-state index contributed by atoms with van der Waals surface area (Å²) in [5.74, 6) is 2.10. The van der Waals surface area contributed by atoms with E-state index < -0.39 is 6.04 Å². The monoisotopic (exact) mass is 606 g/mol. The van der Waals surface area contributed by atoms with Gasteiger partial charge in [0.2, 0.25) is 5.95 Å². The summed E-state index contributed by atoms with van der Waals surface area (Å²) in [5, 5.41) is 21.6. The number of hydrogen-bond donors (Lipinski definition) is 3. The van der Waals surface area contributed by atoms with Crippen molar-refractivity contribution in [1.29, 1.82) is 0 Å². The Balaban J connectivity index is 1.12. The lowest BCUT2D eigenvalue weighted by molar-refractivity contribution is 0.0730. The lowest BCUT2D eigenvalue weighted by atomic mass is 9.71. The lowest BCUT2D eigenvalue weighted by Crippen LogP contribution is -2.51. The van der Waals surface area contributed by atoms with Crippen LogP contribution in [-0.4, -0.2) is 73.7 Å². The SMILES string of the molecule is O=C1c2ccc(Nc3ncc(-c4nc(C56CCN(CC5)CC6)no4)c(N[C@H](CO)c4ccccc4)n3)cc2C2CCCCCN12. The molecule has 2 atom stereocenters. The van der Waals surface area contributed by atoms with E-state index in [1.807, 2.05) is 47.4 Å². The summed E-state index contributed by atoms with van der Waals surface area (Å²) in [5.41, 5.74) is 4.12. The number of piperidine rings is 3. The zero-order valence-electron chi connectivity index (χ0n) is 25.3. The largest absolute Gasteiger partial charge is 0.394 e. The summed E-state index contributed by atoms with van der Waals surface area (Å²) < 4.78 is 5.87. The minimum absolute atomic E-state index is 0.0496. The summed E-state index contributed by atoms with van der Waals surface area (Å²) in [6.45, 7) is 3.85. The van der Waals surface area contributed by atoms with Crippen molar-refractivity contribution < 1.29 is 14.4 Å². The Morgan fingerprint density at radius 3 is 2.60 bits per heavy atom. The molecule has 4 saturated heterocycles. The van der Waals surface area contributed by atoms with E-state index in [1.54, 1.807) is 6.20 Å². The van der Waals surface area contributed by atoms with Crippen LogP contribution in [0.5, 0.6) is 0 Å². The highest BCUT2D eigenvalue weighted by Gasteiger charge is 2.44. The Kier molecular flexibility index (Phi) is 7.22. The second-order valence-electron chi connectivity index (χ2n) is 12.8. The number of carbonyl (C=O) groups is 1. The van der Waals surface area contributed by atoms with Crippen molar-refractivity contribution >= 4 is 23.4 Å². The number of benzene rings is 2. The zero-order valence-corrected chi connectivity index (χ0v) is 25.3. The third-order valence-electron chi connectivity index (χ3n) is 10.2. The minimum Gasteiger partial charge on any atom is -0.394 e.